The van der Waals surface area contributed by atoms with E-state index in [-0.39, 0.29) is 5.84 Å². The largest absolute Gasteiger partial charge is 0.496 e. The molecule has 0 aromatic heterocycles. The van der Waals surface area contributed by atoms with Gasteiger partial charge in [0.25, 0.3) is 0 Å². The predicted molar refractivity (Wildman–Crippen MR) is 50.5 cm³/mol. The van der Waals surface area contributed by atoms with Gasteiger partial charge in [-0.3, -0.25) is 0 Å². The van der Waals surface area contributed by atoms with Gasteiger partial charge in [0.1, 0.15) is 5.75 Å². The molecule has 0 unspecified atom stereocenters. The van der Waals surface area contributed by atoms with Gasteiger partial charge in [0.05, 0.1) is 17.7 Å². The van der Waals surface area contributed by atoms with Crippen molar-refractivity contribution < 1.29 is 9.94 Å². The first-order chi connectivity index (χ1) is 6.20. The van der Waals surface area contributed by atoms with Gasteiger partial charge in [-0.05, 0) is 12.1 Å². The first-order valence-corrected chi connectivity index (χ1v) is 3.89. The molecule has 5 heteroatoms. The molecule has 70 valence electrons. The van der Waals surface area contributed by atoms with Crippen molar-refractivity contribution in [1.29, 1.82) is 0 Å². The van der Waals surface area contributed by atoms with Crippen molar-refractivity contribution in [2.75, 3.05) is 7.11 Å². The normalized spacial score (nSPS) is 11.4. The molecule has 13 heavy (non-hydrogen) atoms. The Morgan fingerprint density at radius 3 is 2.85 bits per heavy atom. The molecule has 0 heterocycles. The highest BCUT2D eigenvalue weighted by Gasteiger charge is 2.11. The smallest absolute Gasteiger partial charge is 0.175 e. The van der Waals surface area contributed by atoms with Crippen LogP contribution in [-0.2, 0) is 0 Å². The Morgan fingerprint density at radius 2 is 2.31 bits per heavy atom. The van der Waals surface area contributed by atoms with E-state index in [1.54, 1.807) is 18.2 Å². The second-order valence-corrected chi connectivity index (χ2v) is 2.71. The molecule has 0 saturated carbocycles. The molecule has 0 saturated heterocycles. The number of methoxy groups -OCH3 is 1. The highest BCUT2D eigenvalue weighted by molar-refractivity contribution is 6.34. The third-order valence-corrected chi connectivity index (χ3v) is 1.87. The van der Waals surface area contributed by atoms with Gasteiger partial charge in [0, 0.05) is 0 Å². The number of nitrogens with zero attached hydrogens (tertiary/aromatic N) is 1. The Bertz CT molecular complexity index is 339. The van der Waals surface area contributed by atoms with Crippen LogP contribution in [0.3, 0.4) is 0 Å². The Labute approximate surface area is 80.6 Å². The molecule has 1 rings (SSSR count). The summed E-state index contributed by atoms with van der Waals surface area (Å²) < 4.78 is 4.99. The van der Waals surface area contributed by atoms with E-state index in [0.29, 0.717) is 16.3 Å². The zero-order chi connectivity index (χ0) is 9.84. The van der Waals surface area contributed by atoms with Crippen LogP contribution >= 0.6 is 11.6 Å². The first kappa shape index (κ1) is 9.67. The van der Waals surface area contributed by atoms with Crippen molar-refractivity contribution in [1.82, 2.24) is 0 Å². The lowest BCUT2D eigenvalue weighted by molar-refractivity contribution is 0.318. The fourth-order valence-electron chi connectivity index (χ4n) is 0.973. The summed E-state index contributed by atoms with van der Waals surface area (Å²) in [7, 11) is 1.49. The summed E-state index contributed by atoms with van der Waals surface area (Å²) >= 11 is 5.83. The van der Waals surface area contributed by atoms with E-state index in [1.807, 2.05) is 0 Å². The van der Waals surface area contributed by atoms with E-state index >= 15 is 0 Å². The molecule has 4 nitrogen and oxygen atoms in total. The van der Waals surface area contributed by atoms with Gasteiger partial charge >= 0.3 is 0 Å². The molecule has 0 fully saturated rings. The Morgan fingerprint density at radius 1 is 1.62 bits per heavy atom. The first-order valence-electron chi connectivity index (χ1n) is 3.51. The second-order valence-electron chi connectivity index (χ2n) is 2.30. The number of hydrogen-bond acceptors (Lipinski definition) is 3. The monoisotopic (exact) mass is 200 g/mol. The number of oxime groups is 1. The molecule has 0 spiro atoms. The lowest BCUT2D eigenvalue weighted by Gasteiger charge is -2.07. The summed E-state index contributed by atoms with van der Waals surface area (Å²) in [6.45, 7) is 0. The van der Waals surface area contributed by atoms with E-state index in [1.165, 1.54) is 7.11 Å². The average Bonchev–Trinajstić information content (AvgIpc) is 2.16. The highest BCUT2D eigenvalue weighted by atomic mass is 35.5. The van der Waals surface area contributed by atoms with Gasteiger partial charge in [-0.15, -0.1) is 0 Å². The number of benzene rings is 1. The number of hydrogen-bond donors (Lipinski definition) is 2. The van der Waals surface area contributed by atoms with E-state index in [2.05, 4.69) is 5.16 Å². The van der Waals surface area contributed by atoms with Gasteiger partial charge < -0.3 is 15.7 Å². The number of halogens is 1. The van der Waals surface area contributed by atoms with Gasteiger partial charge in [0.2, 0.25) is 0 Å². The van der Waals surface area contributed by atoms with Gasteiger partial charge in [-0.2, -0.15) is 0 Å². The van der Waals surface area contributed by atoms with Crippen molar-refractivity contribution in [3.8, 4) is 5.75 Å². The molecule has 0 aliphatic rings. The summed E-state index contributed by atoms with van der Waals surface area (Å²) in [6.07, 6.45) is 0. The van der Waals surface area contributed by atoms with Crippen molar-refractivity contribution in [2.24, 2.45) is 10.9 Å². The van der Waals surface area contributed by atoms with Crippen LogP contribution in [0.2, 0.25) is 5.02 Å². The number of ether oxygens (including phenoxy) is 1. The standard InChI is InChI=1S/C8H9ClN2O2/c1-13-6-4-2-3-5(9)7(6)8(10)11-12/h2-4,12H,1H3,(H2,10,11). The summed E-state index contributed by atoms with van der Waals surface area (Å²) in [5.74, 6) is 0.408. The molecule has 3 N–H and O–H groups in total. The van der Waals surface area contributed by atoms with Crippen LogP contribution in [0, 0.1) is 0 Å². The minimum atomic E-state index is -0.0672. The van der Waals surface area contributed by atoms with Crippen LogP contribution in [0.5, 0.6) is 5.75 Å². The molecule has 0 radical (unpaired) electrons. The molecule has 0 atom stereocenters. The van der Waals surface area contributed by atoms with E-state index in [0.717, 1.165) is 0 Å². The molecule has 0 aliphatic carbocycles. The number of nitrogens with two attached hydrogens (primary N) is 1. The molecular weight excluding hydrogens is 192 g/mol. The topological polar surface area (TPSA) is 67.8 Å². The maximum absolute atomic E-state index is 8.48. The van der Waals surface area contributed by atoms with E-state index < -0.39 is 0 Å². The summed E-state index contributed by atoms with van der Waals surface area (Å²) in [4.78, 5) is 0. The molecule has 1 aromatic rings. The van der Waals surface area contributed by atoms with Crippen molar-refractivity contribution in [3.63, 3.8) is 0 Å². The maximum Gasteiger partial charge on any atom is 0.175 e. The van der Waals surface area contributed by atoms with Crippen LogP contribution < -0.4 is 10.5 Å². The van der Waals surface area contributed by atoms with Gasteiger partial charge in [-0.25, -0.2) is 0 Å². The minimum Gasteiger partial charge on any atom is -0.496 e. The minimum absolute atomic E-state index is 0.0672. The number of rotatable bonds is 2. The third-order valence-electron chi connectivity index (χ3n) is 1.56. The number of amidine groups is 1. The summed E-state index contributed by atoms with van der Waals surface area (Å²) in [5, 5.41) is 11.7. The fraction of sp³-hybridized carbons (Fsp3) is 0.125. The van der Waals surface area contributed by atoms with Crippen molar-refractivity contribution >= 4 is 17.4 Å². The zero-order valence-electron chi connectivity index (χ0n) is 6.99. The molecule has 1 aromatic carbocycles. The van der Waals surface area contributed by atoms with Crippen LogP contribution in [-0.4, -0.2) is 18.2 Å². The van der Waals surface area contributed by atoms with Crippen molar-refractivity contribution in [2.45, 2.75) is 0 Å². The maximum atomic E-state index is 8.48. The zero-order valence-corrected chi connectivity index (χ0v) is 7.75. The van der Waals surface area contributed by atoms with E-state index in [4.69, 9.17) is 27.3 Å². The molecule has 0 amide bonds. The van der Waals surface area contributed by atoms with Gasteiger partial charge in [-0.1, -0.05) is 22.8 Å². The Balaban J connectivity index is 3.31. The van der Waals surface area contributed by atoms with Crippen molar-refractivity contribution in [3.05, 3.63) is 28.8 Å². The Hall–Kier alpha value is -1.42. The Kier molecular flexibility index (Phi) is 2.97. The average molecular weight is 201 g/mol. The summed E-state index contributed by atoms with van der Waals surface area (Å²) in [5.41, 5.74) is 5.80. The van der Waals surface area contributed by atoms with Gasteiger partial charge in [0.15, 0.2) is 5.84 Å². The quantitative estimate of drug-likeness (QED) is 0.329. The highest BCUT2D eigenvalue weighted by Crippen LogP contribution is 2.25. The summed E-state index contributed by atoms with van der Waals surface area (Å²) in [6, 6.07) is 5.03. The molecule has 0 aliphatic heterocycles. The SMILES string of the molecule is COc1cccc(Cl)c1C(N)=NO. The van der Waals surface area contributed by atoms with Crippen LogP contribution in [0.25, 0.3) is 0 Å². The predicted octanol–water partition coefficient (Wildman–Crippen LogP) is 1.44. The van der Waals surface area contributed by atoms with E-state index in [9.17, 15) is 0 Å². The van der Waals surface area contributed by atoms with Crippen LogP contribution in [0.4, 0.5) is 0 Å². The fourth-order valence-corrected chi connectivity index (χ4v) is 1.24. The third kappa shape index (κ3) is 1.84. The van der Waals surface area contributed by atoms with Crippen LogP contribution in [0.15, 0.2) is 23.4 Å². The second kappa shape index (κ2) is 4.00. The lowest BCUT2D eigenvalue weighted by atomic mass is 10.2. The van der Waals surface area contributed by atoms with Crippen LogP contribution in [0.1, 0.15) is 5.56 Å². The molecule has 0 bridgehead atoms. The molecular formula is C8H9ClN2O2. The lowest BCUT2D eigenvalue weighted by Crippen LogP contribution is -2.14.